The maximum absolute atomic E-state index is 13.2. The maximum Gasteiger partial charge on any atom is 0.251 e. The molecule has 2 heterocycles. The number of para-hydroxylation sites is 1. The number of carbonyl (C=O) groups excluding carboxylic acids is 2. The largest absolute Gasteiger partial charge is 0.489 e. The van der Waals surface area contributed by atoms with Crippen LogP contribution in [-0.4, -0.2) is 51.6 Å². The number of hydrogen-bond acceptors (Lipinski definition) is 6. The van der Waals surface area contributed by atoms with Crippen molar-refractivity contribution in [3.05, 3.63) is 71.4 Å². The van der Waals surface area contributed by atoms with Crippen molar-refractivity contribution < 1.29 is 19.5 Å². The summed E-state index contributed by atoms with van der Waals surface area (Å²) in [6.07, 6.45) is 5.79. The third-order valence-electron chi connectivity index (χ3n) is 8.01. The first kappa shape index (κ1) is 26.1. The normalized spacial score (nSPS) is 21.8. The van der Waals surface area contributed by atoms with Gasteiger partial charge < -0.3 is 15.0 Å². The second-order valence-electron chi connectivity index (χ2n) is 10.7. The van der Waals surface area contributed by atoms with Crippen LogP contribution in [0.5, 0.6) is 5.75 Å². The molecule has 1 aliphatic heterocycles. The highest BCUT2D eigenvalue weighted by atomic mass is 16.5. The summed E-state index contributed by atoms with van der Waals surface area (Å²) in [5.41, 5.74) is 4.52. The summed E-state index contributed by atoms with van der Waals surface area (Å²) in [5.74, 6) is -0.0363. The number of pyridine rings is 1. The number of fused-ring (bicyclic) bond motifs is 1. The molecule has 0 unspecified atom stereocenters. The monoisotopic (exact) mass is 516 g/mol. The number of carbonyl (C=O) groups is 2. The van der Waals surface area contributed by atoms with E-state index >= 15 is 0 Å². The molecule has 0 radical (unpaired) electrons. The minimum Gasteiger partial charge on any atom is -0.489 e. The van der Waals surface area contributed by atoms with Crippen LogP contribution in [0, 0.1) is 6.92 Å². The topological polar surface area (TPSA) is 104 Å². The number of aromatic nitrogens is 1. The molecule has 3 aromatic rings. The second-order valence-corrected chi connectivity index (χ2v) is 10.7. The van der Waals surface area contributed by atoms with Crippen LogP contribution >= 0.6 is 0 Å². The van der Waals surface area contributed by atoms with Gasteiger partial charge in [0, 0.05) is 33.8 Å². The zero-order valence-corrected chi connectivity index (χ0v) is 21.9. The third kappa shape index (κ3) is 5.97. The van der Waals surface area contributed by atoms with Crippen molar-refractivity contribution in [3.8, 4) is 5.75 Å². The Labute approximate surface area is 223 Å². The predicted octanol–water partition coefficient (Wildman–Crippen LogP) is 4.52. The van der Waals surface area contributed by atoms with Crippen molar-refractivity contribution in [1.82, 2.24) is 20.7 Å². The molecule has 0 spiro atoms. The van der Waals surface area contributed by atoms with E-state index in [1.54, 1.807) is 29.7 Å². The Kier molecular flexibility index (Phi) is 7.90. The van der Waals surface area contributed by atoms with Gasteiger partial charge in [0.05, 0.1) is 11.9 Å². The number of nitrogens with one attached hydrogen (secondary N) is 2. The fourth-order valence-electron chi connectivity index (χ4n) is 6.01. The van der Waals surface area contributed by atoms with Crippen LogP contribution in [0.2, 0.25) is 0 Å². The van der Waals surface area contributed by atoms with Crippen molar-refractivity contribution >= 4 is 22.7 Å². The first-order valence-corrected chi connectivity index (χ1v) is 13.5. The van der Waals surface area contributed by atoms with E-state index in [9.17, 15) is 9.59 Å². The summed E-state index contributed by atoms with van der Waals surface area (Å²) in [4.78, 5) is 32.5. The fourth-order valence-corrected chi connectivity index (χ4v) is 6.01. The molecule has 0 bridgehead atoms. The summed E-state index contributed by atoms with van der Waals surface area (Å²) in [6.45, 7) is 4.63. The summed E-state index contributed by atoms with van der Waals surface area (Å²) < 4.78 is 6.04. The molecule has 1 saturated heterocycles. The Morgan fingerprint density at radius 3 is 2.50 bits per heavy atom. The van der Waals surface area contributed by atoms with Gasteiger partial charge in [0.2, 0.25) is 5.91 Å². The van der Waals surface area contributed by atoms with Gasteiger partial charge in [0.15, 0.2) is 0 Å². The number of hydroxylamine groups is 1. The lowest BCUT2D eigenvalue weighted by Gasteiger charge is -2.43. The van der Waals surface area contributed by atoms with E-state index in [1.807, 2.05) is 37.3 Å². The smallest absolute Gasteiger partial charge is 0.251 e. The molecule has 1 saturated carbocycles. The molecular formula is C30H36N4O4. The first-order chi connectivity index (χ1) is 18.4. The van der Waals surface area contributed by atoms with Gasteiger partial charge in [-0.05, 0) is 94.9 Å². The van der Waals surface area contributed by atoms with Crippen LogP contribution in [0.3, 0.4) is 0 Å². The van der Waals surface area contributed by atoms with Gasteiger partial charge in [-0.25, -0.2) is 5.48 Å². The molecule has 8 nitrogen and oxygen atoms in total. The molecule has 2 amide bonds. The number of likely N-dealkylation sites (tertiary alicyclic amines) is 1. The Bertz CT molecular complexity index is 1280. The molecule has 38 heavy (non-hydrogen) atoms. The van der Waals surface area contributed by atoms with E-state index in [1.165, 1.54) is 12.8 Å². The summed E-state index contributed by atoms with van der Waals surface area (Å²) in [5, 5.41) is 13.4. The summed E-state index contributed by atoms with van der Waals surface area (Å²) in [6, 6.07) is 17.6. The molecule has 1 aliphatic carbocycles. The van der Waals surface area contributed by atoms with Crippen molar-refractivity contribution in [2.24, 2.45) is 0 Å². The maximum atomic E-state index is 13.2. The molecule has 8 heteroatoms. The van der Waals surface area contributed by atoms with Crippen LogP contribution in [-0.2, 0) is 11.4 Å². The van der Waals surface area contributed by atoms with Gasteiger partial charge in [-0.2, -0.15) is 0 Å². The van der Waals surface area contributed by atoms with Crippen molar-refractivity contribution in [3.63, 3.8) is 0 Å². The number of aryl methyl sites for hydroxylation is 1. The average Bonchev–Trinajstić information content (AvgIpc) is 3.47. The number of rotatable bonds is 8. The fraction of sp³-hybridized carbons (Fsp3) is 0.433. The zero-order chi connectivity index (χ0) is 26.5. The molecule has 0 atom stereocenters. The SMILES string of the molecule is Cc1cc(COc2ccc(C(=O)NC3(CC(=O)NO)CCC(N4CCCC4)CC3)cc2)c2ccccc2n1. The highest BCUT2D eigenvalue weighted by Crippen LogP contribution is 2.35. The third-order valence-corrected chi connectivity index (χ3v) is 8.01. The van der Waals surface area contributed by atoms with E-state index in [-0.39, 0.29) is 12.3 Å². The Balaban J connectivity index is 1.23. The number of ether oxygens (including phenoxy) is 1. The molecule has 2 aromatic carbocycles. The zero-order valence-electron chi connectivity index (χ0n) is 21.9. The molecule has 200 valence electrons. The molecule has 5 rings (SSSR count). The van der Waals surface area contributed by atoms with E-state index in [0.29, 0.717) is 36.8 Å². The molecule has 1 aromatic heterocycles. The van der Waals surface area contributed by atoms with Crippen LogP contribution < -0.4 is 15.5 Å². The van der Waals surface area contributed by atoms with Gasteiger partial charge in [-0.3, -0.25) is 19.8 Å². The Morgan fingerprint density at radius 2 is 1.79 bits per heavy atom. The number of nitrogens with zero attached hydrogens (tertiary/aromatic N) is 2. The van der Waals surface area contributed by atoms with Crippen LogP contribution in [0.1, 0.15) is 66.6 Å². The molecule has 3 N–H and O–H groups in total. The van der Waals surface area contributed by atoms with E-state index in [4.69, 9.17) is 9.94 Å². The highest BCUT2D eigenvalue weighted by Gasteiger charge is 2.40. The Hall–Kier alpha value is -3.49. The molecular weight excluding hydrogens is 480 g/mol. The number of amides is 2. The molecule has 2 fully saturated rings. The first-order valence-electron chi connectivity index (χ1n) is 13.5. The van der Waals surface area contributed by atoms with Gasteiger partial charge in [-0.1, -0.05) is 18.2 Å². The standard InChI is InChI=1S/C30H36N4O4/c1-21-18-23(26-6-2-3-7-27(26)31-21)20-38-25-10-8-22(9-11-25)29(36)32-30(19-28(35)33-37)14-12-24(13-15-30)34-16-4-5-17-34/h2-3,6-11,18,24,37H,4-5,12-17,19-20H2,1H3,(H,32,36)(H,33,35). The quantitative estimate of drug-likeness (QED) is 0.300. The van der Waals surface area contributed by atoms with E-state index < -0.39 is 11.4 Å². The van der Waals surface area contributed by atoms with Crippen LogP contribution in [0.25, 0.3) is 10.9 Å². The Morgan fingerprint density at radius 1 is 1.08 bits per heavy atom. The lowest BCUT2D eigenvalue weighted by atomic mass is 9.76. The van der Waals surface area contributed by atoms with Gasteiger partial charge in [-0.15, -0.1) is 0 Å². The number of benzene rings is 2. The van der Waals surface area contributed by atoms with Gasteiger partial charge in [0.1, 0.15) is 12.4 Å². The van der Waals surface area contributed by atoms with E-state index in [2.05, 4.69) is 15.2 Å². The minimum atomic E-state index is -0.671. The highest BCUT2D eigenvalue weighted by molar-refractivity contribution is 5.95. The summed E-state index contributed by atoms with van der Waals surface area (Å²) >= 11 is 0. The lowest BCUT2D eigenvalue weighted by Crippen LogP contribution is -2.55. The van der Waals surface area contributed by atoms with Crippen molar-refractivity contribution in [1.29, 1.82) is 0 Å². The second kappa shape index (κ2) is 11.5. The predicted molar refractivity (Wildman–Crippen MR) is 145 cm³/mol. The van der Waals surface area contributed by atoms with E-state index in [0.717, 1.165) is 48.1 Å². The number of hydrogen-bond donors (Lipinski definition) is 3. The minimum absolute atomic E-state index is 0.0580. The lowest BCUT2D eigenvalue weighted by molar-refractivity contribution is -0.131. The average molecular weight is 517 g/mol. The van der Waals surface area contributed by atoms with Crippen LogP contribution in [0.15, 0.2) is 54.6 Å². The summed E-state index contributed by atoms with van der Waals surface area (Å²) in [7, 11) is 0. The van der Waals surface area contributed by atoms with Crippen molar-refractivity contribution in [2.45, 2.75) is 70.1 Å². The van der Waals surface area contributed by atoms with Gasteiger partial charge >= 0.3 is 0 Å². The molecule has 2 aliphatic rings. The van der Waals surface area contributed by atoms with Gasteiger partial charge in [0.25, 0.3) is 5.91 Å². The van der Waals surface area contributed by atoms with Crippen LogP contribution in [0.4, 0.5) is 0 Å². The van der Waals surface area contributed by atoms with Crippen molar-refractivity contribution in [2.75, 3.05) is 13.1 Å².